The van der Waals surface area contributed by atoms with E-state index in [-0.39, 0.29) is 25.5 Å². The Labute approximate surface area is 128 Å². The number of benzene rings is 1. The van der Waals surface area contributed by atoms with Crippen molar-refractivity contribution < 1.29 is 19.4 Å². The Bertz CT molecular complexity index is 678. The van der Waals surface area contributed by atoms with Crippen LogP contribution in [0.3, 0.4) is 0 Å². The Balaban J connectivity index is 2.20. The molecule has 1 N–H and O–H groups in total. The third-order valence-electron chi connectivity index (χ3n) is 3.56. The standard InChI is InChI=1S/C16H20N2O4/c1-12-9-13-5-3-4-6-14(13)18(12)10-15(19)17(7-8-22-2)11-16(20)21/h3-6,9H,7-8,10-11H2,1-2H3,(H,20,21). The number of nitrogens with zero attached hydrogens (tertiary/aromatic N) is 2. The molecule has 0 aliphatic heterocycles. The number of fused-ring (bicyclic) bond motifs is 1. The summed E-state index contributed by atoms with van der Waals surface area (Å²) in [5.74, 6) is -1.26. The van der Waals surface area contributed by atoms with Crippen molar-refractivity contribution in [3.63, 3.8) is 0 Å². The fourth-order valence-corrected chi connectivity index (χ4v) is 2.45. The summed E-state index contributed by atoms with van der Waals surface area (Å²) in [5.41, 5.74) is 1.94. The zero-order valence-corrected chi connectivity index (χ0v) is 12.8. The highest BCUT2D eigenvalue weighted by atomic mass is 16.5. The lowest BCUT2D eigenvalue weighted by molar-refractivity contribution is -0.145. The lowest BCUT2D eigenvalue weighted by atomic mass is 10.2. The molecule has 118 valence electrons. The molecule has 0 fully saturated rings. The Morgan fingerprint density at radius 3 is 2.73 bits per heavy atom. The molecule has 1 amide bonds. The van der Waals surface area contributed by atoms with Crippen LogP contribution in [-0.2, 0) is 20.9 Å². The second-order valence-electron chi connectivity index (χ2n) is 5.13. The van der Waals surface area contributed by atoms with E-state index in [1.54, 1.807) is 0 Å². The number of aryl methyl sites for hydroxylation is 1. The summed E-state index contributed by atoms with van der Waals surface area (Å²) in [6.07, 6.45) is 0. The molecule has 0 radical (unpaired) electrons. The molecule has 1 aromatic heterocycles. The van der Waals surface area contributed by atoms with Gasteiger partial charge in [-0.15, -0.1) is 0 Å². The molecule has 0 aliphatic rings. The van der Waals surface area contributed by atoms with E-state index in [0.717, 1.165) is 16.6 Å². The molecule has 2 rings (SSSR count). The third kappa shape index (κ3) is 3.65. The van der Waals surface area contributed by atoms with Crippen molar-refractivity contribution in [3.8, 4) is 0 Å². The third-order valence-corrected chi connectivity index (χ3v) is 3.56. The van der Waals surface area contributed by atoms with Crippen LogP contribution >= 0.6 is 0 Å². The molecule has 0 atom stereocenters. The van der Waals surface area contributed by atoms with E-state index in [9.17, 15) is 9.59 Å². The Morgan fingerprint density at radius 1 is 1.32 bits per heavy atom. The molecular weight excluding hydrogens is 284 g/mol. The summed E-state index contributed by atoms with van der Waals surface area (Å²) >= 11 is 0. The van der Waals surface area contributed by atoms with E-state index in [4.69, 9.17) is 9.84 Å². The summed E-state index contributed by atoms with van der Waals surface area (Å²) < 4.78 is 6.84. The lowest BCUT2D eigenvalue weighted by Gasteiger charge is -2.21. The van der Waals surface area contributed by atoms with Crippen molar-refractivity contribution in [1.29, 1.82) is 0 Å². The zero-order valence-electron chi connectivity index (χ0n) is 12.8. The maximum absolute atomic E-state index is 12.4. The maximum Gasteiger partial charge on any atom is 0.323 e. The molecule has 1 aromatic carbocycles. The highest BCUT2D eigenvalue weighted by Crippen LogP contribution is 2.19. The van der Waals surface area contributed by atoms with Crippen LogP contribution in [0.1, 0.15) is 5.69 Å². The first-order chi connectivity index (χ1) is 10.5. The molecule has 2 aromatic rings. The largest absolute Gasteiger partial charge is 0.480 e. The number of carboxylic acid groups (broad SMARTS) is 1. The first-order valence-corrected chi connectivity index (χ1v) is 7.06. The smallest absolute Gasteiger partial charge is 0.323 e. The minimum atomic E-state index is -1.03. The van der Waals surface area contributed by atoms with E-state index < -0.39 is 5.97 Å². The Kier molecular flexibility index (Phi) is 5.16. The molecule has 0 bridgehead atoms. The number of aromatic nitrogens is 1. The first-order valence-electron chi connectivity index (χ1n) is 7.06. The first kappa shape index (κ1) is 16.0. The van der Waals surface area contributed by atoms with Crippen molar-refractivity contribution in [2.45, 2.75) is 13.5 Å². The van der Waals surface area contributed by atoms with Crippen molar-refractivity contribution in [2.24, 2.45) is 0 Å². The van der Waals surface area contributed by atoms with Gasteiger partial charge in [0, 0.05) is 24.9 Å². The molecular formula is C16H20N2O4. The topological polar surface area (TPSA) is 71.8 Å². The van der Waals surface area contributed by atoms with Crippen LogP contribution in [0, 0.1) is 6.92 Å². The summed E-state index contributed by atoms with van der Waals surface area (Å²) in [6.45, 7) is 2.31. The van der Waals surface area contributed by atoms with Gasteiger partial charge < -0.3 is 19.3 Å². The molecule has 0 aliphatic carbocycles. The highest BCUT2D eigenvalue weighted by molar-refractivity contribution is 5.85. The quantitative estimate of drug-likeness (QED) is 0.841. The molecule has 0 saturated carbocycles. The summed E-state index contributed by atoms with van der Waals surface area (Å²) in [7, 11) is 1.52. The normalized spacial score (nSPS) is 10.8. The zero-order chi connectivity index (χ0) is 16.1. The Morgan fingerprint density at radius 2 is 2.05 bits per heavy atom. The predicted molar refractivity (Wildman–Crippen MR) is 82.8 cm³/mol. The van der Waals surface area contributed by atoms with Gasteiger partial charge in [-0.05, 0) is 24.4 Å². The minimum Gasteiger partial charge on any atom is -0.480 e. The SMILES string of the molecule is COCCN(CC(=O)O)C(=O)Cn1c(C)cc2ccccc21. The van der Waals surface area contributed by atoms with Gasteiger partial charge in [-0.2, -0.15) is 0 Å². The van der Waals surface area contributed by atoms with Gasteiger partial charge in [-0.3, -0.25) is 9.59 Å². The van der Waals surface area contributed by atoms with Gasteiger partial charge in [0.05, 0.1) is 6.61 Å². The van der Waals surface area contributed by atoms with Crippen molar-refractivity contribution in [3.05, 3.63) is 36.0 Å². The Hall–Kier alpha value is -2.34. The van der Waals surface area contributed by atoms with E-state index in [1.165, 1.54) is 12.0 Å². The van der Waals surface area contributed by atoms with Crippen LogP contribution in [0.15, 0.2) is 30.3 Å². The number of hydrogen-bond acceptors (Lipinski definition) is 3. The molecule has 1 heterocycles. The molecule has 6 nitrogen and oxygen atoms in total. The van der Waals surface area contributed by atoms with Crippen molar-refractivity contribution in [2.75, 3.05) is 26.8 Å². The number of ether oxygens (including phenoxy) is 1. The van der Waals surface area contributed by atoms with Crippen LogP contribution in [0.2, 0.25) is 0 Å². The van der Waals surface area contributed by atoms with Crippen LogP contribution in [-0.4, -0.2) is 53.3 Å². The van der Waals surface area contributed by atoms with E-state index in [0.29, 0.717) is 6.61 Å². The van der Waals surface area contributed by atoms with E-state index in [1.807, 2.05) is 41.8 Å². The summed E-state index contributed by atoms with van der Waals surface area (Å²) in [4.78, 5) is 24.7. The van der Waals surface area contributed by atoms with Crippen molar-refractivity contribution >= 4 is 22.8 Å². The average Bonchev–Trinajstić information content (AvgIpc) is 2.79. The van der Waals surface area contributed by atoms with Gasteiger partial charge in [0.2, 0.25) is 5.91 Å². The van der Waals surface area contributed by atoms with Crippen LogP contribution < -0.4 is 0 Å². The molecule has 0 saturated heterocycles. The molecule has 6 heteroatoms. The molecule has 0 spiro atoms. The number of hydrogen-bond donors (Lipinski definition) is 1. The number of carbonyl (C=O) groups excluding carboxylic acids is 1. The monoisotopic (exact) mass is 304 g/mol. The summed E-state index contributed by atoms with van der Waals surface area (Å²) in [6, 6.07) is 9.82. The maximum atomic E-state index is 12.4. The van der Waals surface area contributed by atoms with Gasteiger partial charge >= 0.3 is 5.97 Å². The average molecular weight is 304 g/mol. The number of carboxylic acids is 1. The number of rotatable bonds is 7. The van der Waals surface area contributed by atoms with Gasteiger partial charge in [0.15, 0.2) is 0 Å². The second-order valence-corrected chi connectivity index (χ2v) is 5.13. The fourth-order valence-electron chi connectivity index (χ4n) is 2.45. The number of para-hydroxylation sites is 1. The second kappa shape index (κ2) is 7.09. The van der Waals surface area contributed by atoms with Crippen LogP contribution in [0.5, 0.6) is 0 Å². The van der Waals surface area contributed by atoms with Crippen LogP contribution in [0.4, 0.5) is 0 Å². The predicted octanol–water partition coefficient (Wildman–Crippen LogP) is 1.51. The van der Waals surface area contributed by atoms with E-state index >= 15 is 0 Å². The lowest BCUT2D eigenvalue weighted by Crippen LogP contribution is -2.40. The highest BCUT2D eigenvalue weighted by Gasteiger charge is 2.18. The fraction of sp³-hybridized carbons (Fsp3) is 0.375. The number of methoxy groups -OCH3 is 1. The molecule has 0 unspecified atom stereocenters. The van der Waals surface area contributed by atoms with Crippen LogP contribution in [0.25, 0.3) is 10.9 Å². The van der Waals surface area contributed by atoms with Gasteiger partial charge in [0.1, 0.15) is 13.1 Å². The van der Waals surface area contributed by atoms with Gasteiger partial charge in [-0.25, -0.2) is 0 Å². The van der Waals surface area contributed by atoms with Gasteiger partial charge in [0.25, 0.3) is 0 Å². The molecule has 22 heavy (non-hydrogen) atoms. The van der Waals surface area contributed by atoms with Gasteiger partial charge in [-0.1, -0.05) is 18.2 Å². The summed E-state index contributed by atoms with van der Waals surface area (Å²) in [5, 5.41) is 10.0. The number of aliphatic carboxylic acids is 1. The van der Waals surface area contributed by atoms with Crippen molar-refractivity contribution in [1.82, 2.24) is 9.47 Å². The van der Waals surface area contributed by atoms with E-state index in [2.05, 4.69) is 0 Å². The minimum absolute atomic E-state index is 0.121. The number of amides is 1. The number of carbonyl (C=O) groups is 2.